The quantitative estimate of drug-likeness (QED) is 0.714. The molecule has 76 valence electrons. The molecule has 1 aromatic rings. The summed E-state index contributed by atoms with van der Waals surface area (Å²) >= 11 is 3.06. The predicted octanol–water partition coefficient (Wildman–Crippen LogP) is 1.97. The molecular weight excluding hydrogens is 253 g/mol. The van der Waals surface area contributed by atoms with Crippen molar-refractivity contribution in [3.05, 3.63) is 28.0 Å². The van der Waals surface area contributed by atoms with E-state index in [9.17, 15) is 9.50 Å². The molecule has 0 aromatic heterocycles. The van der Waals surface area contributed by atoms with E-state index < -0.39 is 17.3 Å². The zero-order valence-electron chi connectivity index (χ0n) is 7.17. The van der Waals surface area contributed by atoms with Crippen molar-refractivity contribution >= 4 is 22.0 Å². The van der Waals surface area contributed by atoms with Crippen LogP contribution < -0.4 is 5.73 Å². The molecule has 5 heteroatoms. The maximum atomic E-state index is 12.9. The number of rotatable bonds is 2. The Bertz CT molecular complexity index is 380. The maximum absolute atomic E-state index is 12.9. The van der Waals surface area contributed by atoms with E-state index in [-0.39, 0.29) is 0 Å². The fraction of sp³-hybridized carbons (Fsp3) is 0.111. The third-order valence-electron chi connectivity index (χ3n) is 1.64. The number of aromatic hydroxyl groups is 2. The van der Waals surface area contributed by atoms with Gasteiger partial charge in [-0.25, -0.2) is 4.39 Å². The largest absolute Gasteiger partial charge is 0.504 e. The third-order valence-corrected chi connectivity index (χ3v) is 2.29. The number of benzene rings is 1. The van der Waals surface area contributed by atoms with E-state index in [0.29, 0.717) is 16.6 Å². The molecule has 0 amide bonds. The first-order valence-corrected chi connectivity index (χ1v) is 4.63. The minimum Gasteiger partial charge on any atom is -0.504 e. The summed E-state index contributed by atoms with van der Waals surface area (Å²) in [7, 11) is 0. The van der Waals surface area contributed by atoms with Crippen LogP contribution in [0.15, 0.2) is 16.6 Å². The minimum absolute atomic E-state index is 0.296. The smallest absolute Gasteiger partial charge is 0.194 e. The number of hydrogen-bond donors (Lipinski definition) is 3. The molecule has 0 radical (unpaired) electrons. The van der Waals surface area contributed by atoms with E-state index >= 15 is 0 Å². The van der Waals surface area contributed by atoms with Crippen LogP contribution in [0.3, 0.4) is 0 Å². The van der Waals surface area contributed by atoms with Crippen molar-refractivity contribution in [3.8, 4) is 11.5 Å². The molecule has 4 N–H and O–H groups in total. The lowest BCUT2D eigenvalue weighted by Crippen LogP contribution is -1.92. The SMILES string of the molecule is NC/C=C/c1c(Br)cc(F)c(O)c1O. The Morgan fingerprint density at radius 1 is 1.43 bits per heavy atom. The normalized spacial score (nSPS) is 11.1. The molecular formula is C9H9BrFNO2. The highest BCUT2D eigenvalue weighted by Gasteiger charge is 2.13. The van der Waals surface area contributed by atoms with Gasteiger partial charge in [0.05, 0.1) is 0 Å². The van der Waals surface area contributed by atoms with Crippen LogP contribution in [0.25, 0.3) is 6.08 Å². The first kappa shape index (κ1) is 11.0. The minimum atomic E-state index is -0.876. The second-order valence-corrected chi connectivity index (χ2v) is 3.44. The Balaban J connectivity index is 3.29. The molecule has 0 saturated carbocycles. The topological polar surface area (TPSA) is 66.5 Å². The average Bonchev–Trinajstić information content (AvgIpc) is 2.14. The third kappa shape index (κ3) is 2.05. The Morgan fingerprint density at radius 3 is 2.64 bits per heavy atom. The van der Waals surface area contributed by atoms with Crippen LogP contribution >= 0.6 is 15.9 Å². The van der Waals surface area contributed by atoms with Gasteiger partial charge in [-0.15, -0.1) is 0 Å². The van der Waals surface area contributed by atoms with Crippen LogP contribution in [0, 0.1) is 5.82 Å². The van der Waals surface area contributed by atoms with Gasteiger partial charge in [0.2, 0.25) is 0 Å². The van der Waals surface area contributed by atoms with Crippen molar-refractivity contribution < 1.29 is 14.6 Å². The molecule has 1 aromatic carbocycles. The highest BCUT2D eigenvalue weighted by molar-refractivity contribution is 9.10. The van der Waals surface area contributed by atoms with Gasteiger partial charge in [0, 0.05) is 16.6 Å². The van der Waals surface area contributed by atoms with E-state index in [4.69, 9.17) is 10.8 Å². The summed E-state index contributed by atoms with van der Waals surface area (Å²) in [5.74, 6) is -2.13. The molecule has 14 heavy (non-hydrogen) atoms. The lowest BCUT2D eigenvalue weighted by molar-refractivity contribution is 0.378. The molecule has 0 bridgehead atoms. The molecule has 0 fully saturated rings. The summed E-state index contributed by atoms with van der Waals surface area (Å²) in [4.78, 5) is 0. The first-order valence-electron chi connectivity index (χ1n) is 3.84. The molecule has 0 aliphatic carbocycles. The molecule has 3 nitrogen and oxygen atoms in total. The molecule has 0 unspecified atom stereocenters. The molecule has 0 atom stereocenters. The number of phenolic OH excluding ortho intramolecular Hbond substituents is 2. The summed E-state index contributed by atoms with van der Waals surface area (Å²) < 4.78 is 13.2. The van der Waals surface area contributed by atoms with Gasteiger partial charge in [0.1, 0.15) is 0 Å². The van der Waals surface area contributed by atoms with Crippen LogP contribution in [0.4, 0.5) is 4.39 Å². The molecule has 0 saturated heterocycles. The molecule has 0 aliphatic heterocycles. The molecule has 0 spiro atoms. The van der Waals surface area contributed by atoms with Gasteiger partial charge in [-0.05, 0) is 22.0 Å². The van der Waals surface area contributed by atoms with E-state index in [0.717, 1.165) is 6.07 Å². The maximum Gasteiger partial charge on any atom is 0.194 e. The van der Waals surface area contributed by atoms with E-state index in [1.165, 1.54) is 6.08 Å². The van der Waals surface area contributed by atoms with E-state index in [2.05, 4.69) is 15.9 Å². The highest BCUT2D eigenvalue weighted by atomic mass is 79.9. The predicted molar refractivity (Wildman–Crippen MR) is 55.5 cm³/mol. The standard InChI is InChI=1S/C9H9BrFNO2/c10-6-4-7(11)9(14)8(13)5(6)2-1-3-12/h1-2,4,13-14H,3,12H2/b2-1+. The van der Waals surface area contributed by atoms with Crippen LogP contribution in [0.2, 0.25) is 0 Å². The van der Waals surface area contributed by atoms with Gasteiger partial charge >= 0.3 is 0 Å². The van der Waals surface area contributed by atoms with Crippen molar-refractivity contribution in [1.82, 2.24) is 0 Å². The van der Waals surface area contributed by atoms with Gasteiger partial charge in [0.15, 0.2) is 17.3 Å². The summed E-state index contributed by atoms with van der Waals surface area (Å²) in [5, 5.41) is 18.5. The Kier molecular flexibility index (Phi) is 3.49. The number of nitrogens with two attached hydrogens (primary N) is 1. The average molecular weight is 262 g/mol. The van der Waals surface area contributed by atoms with Crippen LogP contribution in [0.1, 0.15) is 5.56 Å². The second-order valence-electron chi connectivity index (χ2n) is 2.59. The van der Waals surface area contributed by atoms with Gasteiger partial charge < -0.3 is 15.9 Å². The Hall–Kier alpha value is -1.07. The van der Waals surface area contributed by atoms with Crippen molar-refractivity contribution in [3.63, 3.8) is 0 Å². The first-order chi connectivity index (χ1) is 6.57. The Morgan fingerprint density at radius 2 is 2.07 bits per heavy atom. The Labute approximate surface area is 88.8 Å². The van der Waals surface area contributed by atoms with Crippen LogP contribution in [-0.4, -0.2) is 16.8 Å². The highest BCUT2D eigenvalue weighted by Crippen LogP contribution is 2.37. The summed E-state index contributed by atoms with van der Waals surface area (Å²) in [6, 6.07) is 1.07. The summed E-state index contributed by atoms with van der Waals surface area (Å²) in [5.41, 5.74) is 5.52. The number of halogens is 2. The van der Waals surface area contributed by atoms with Gasteiger partial charge in [-0.2, -0.15) is 0 Å². The lowest BCUT2D eigenvalue weighted by Gasteiger charge is -2.05. The molecule has 0 heterocycles. The van der Waals surface area contributed by atoms with E-state index in [1.807, 2.05) is 0 Å². The zero-order valence-corrected chi connectivity index (χ0v) is 8.75. The summed E-state index contributed by atoms with van der Waals surface area (Å²) in [6.07, 6.45) is 3.08. The lowest BCUT2D eigenvalue weighted by atomic mass is 10.1. The van der Waals surface area contributed by atoms with E-state index in [1.54, 1.807) is 6.08 Å². The zero-order chi connectivity index (χ0) is 10.7. The molecule has 0 aliphatic rings. The van der Waals surface area contributed by atoms with Gasteiger partial charge in [0.25, 0.3) is 0 Å². The monoisotopic (exact) mass is 261 g/mol. The van der Waals surface area contributed by atoms with Gasteiger partial charge in [-0.3, -0.25) is 0 Å². The fourth-order valence-electron chi connectivity index (χ4n) is 0.956. The second kappa shape index (κ2) is 4.43. The number of phenols is 2. The van der Waals surface area contributed by atoms with Crippen molar-refractivity contribution in [1.29, 1.82) is 0 Å². The summed E-state index contributed by atoms with van der Waals surface area (Å²) in [6.45, 7) is 0.296. The van der Waals surface area contributed by atoms with Gasteiger partial charge in [-0.1, -0.05) is 12.2 Å². The van der Waals surface area contributed by atoms with Crippen LogP contribution in [-0.2, 0) is 0 Å². The van der Waals surface area contributed by atoms with Crippen molar-refractivity contribution in [2.24, 2.45) is 5.73 Å². The van der Waals surface area contributed by atoms with Crippen LogP contribution in [0.5, 0.6) is 11.5 Å². The fourth-order valence-corrected chi connectivity index (χ4v) is 1.48. The molecule has 1 rings (SSSR count). The van der Waals surface area contributed by atoms with Crippen molar-refractivity contribution in [2.75, 3.05) is 6.54 Å². The van der Waals surface area contributed by atoms with Crippen molar-refractivity contribution in [2.45, 2.75) is 0 Å². The number of hydrogen-bond acceptors (Lipinski definition) is 3.